The highest BCUT2D eigenvalue weighted by Gasteiger charge is 2.21. The van der Waals surface area contributed by atoms with E-state index in [1.165, 1.54) is 0 Å². The molecule has 0 aromatic rings. The zero-order valence-corrected chi connectivity index (χ0v) is 8.79. The van der Waals surface area contributed by atoms with Crippen LogP contribution in [0.1, 0.15) is 32.6 Å². The molecular formula is C10H20N2O2. The van der Waals surface area contributed by atoms with E-state index in [1.54, 1.807) is 6.92 Å². The first-order valence-electron chi connectivity index (χ1n) is 5.31. The molecule has 4 heteroatoms. The lowest BCUT2D eigenvalue weighted by molar-refractivity contribution is -0.120. The maximum Gasteiger partial charge on any atom is 0.217 e. The molecule has 1 saturated carbocycles. The lowest BCUT2D eigenvalue weighted by Gasteiger charge is -2.28. The number of hydrogen-bond donors (Lipinski definition) is 2. The lowest BCUT2D eigenvalue weighted by atomic mass is 9.93. The summed E-state index contributed by atoms with van der Waals surface area (Å²) in [7, 11) is 0. The van der Waals surface area contributed by atoms with Crippen molar-refractivity contribution in [1.29, 1.82) is 0 Å². The van der Waals surface area contributed by atoms with E-state index in [1.807, 2.05) is 0 Å². The van der Waals surface area contributed by atoms with Crippen LogP contribution in [0.2, 0.25) is 0 Å². The fraction of sp³-hybridized carbons (Fsp3) is 0.900. The molecule has 14 heavy (non-hydrogen) atoms. The quantitative estimate of drug-likeness (QED) is 0.691. The summed E-state index contributed by atoms with van der Waals surface area (Å²) in [6.07, 6.45) is 4.46. The zero-order chi connectivity index (χ0) is 10.4. The molecule has 0 spiro atoms. The highest BCUT2D eigenvalue weighted by atomic mass is 16.5. The van der Waals surface area contributed by atoms with Gasteiger partial charge in [0, 0.05) is 19.5 Å². The van der Waals surface area contributed by atoms with E-state index >= 15 is 0 Å². The van der Waals surface area contributed by atoms with E-state index in [0.717, 1.165) is 25.7 Å². The molecule has 3 N–H and O–H groups in total. The molecule has 0 aliphatic heterocycles. The molecule has 0 heterocycles. The van der Waals surface area contributed by atoms with Crippen molar-refractivity contribution in [2.24, 2.45) is 5.73 Å². The largest absolute Gasteiger partial charge is 0.377 e. The second kappa shape index (κ2) is 5.98. The van der Waals surface area contributed by atoms with Gasteiger partial charge in [0.05, 0.1) is 12.7 Å². The Labute approximate surface area is 85.2 Å². The zero-order valence-electron chi connectivity index (χ0n) is 8.79. The minimum absolute atomic E-state index is 0.0660. The van der Waals surface area contributed by atoms with Crippen LogP contribution in [0.3, 0.4) is 0 Å². The third-order valence-corrected chi connectivity index (χ3v) is 2.55. The van der Waals surface area contributed by atoms with Crippen molar-refractivity contribution >= 4 is 5.91 Å². The monoisotopic (exact) mass is 200 g/mol. The average Bonchev–Trinajstić information content (AvgIpc) is 2.16. The average molecular weight is 200 g/mol. The number of rotatable bonds is 4. The summed E-state index contributed by atoms with van der Waals surface area (Å²) in [4.78, 5) is 10.8. The van der Waals surface area contributed by atoms with Gasteiger partial charge in [-0.1, -0.05) is 0 Å². The Morgan fingerprint density at radius 1 is 1.43 bits per heavy atom. The predicted octanol–water partition coefficient (Wildman–Crippen LogP) is 0.409. The third kappa shape index (κ3) is 4.07. The van der Waals surface area contributed by atoms with Gasteiger partial charge in [-0.05, 0) is 25.7 Å². The number of ether oxygens (including phenoxy) is 1. The van der Waals surface area contributed by atoms with Gasteiger partial charge in [0.25, 0.3) is 0 Å². The molecule has 1 aliphatic rings. The van der Waals surface area contributed by atoms with Gasteiger partial charge in [-0.25, -0.2) is 0 Å². The first-order chi connectivity index (χ1) is 6.72. The van der Waals surface area contributed by atoms with Gasteiger partial charge in [0.1, 0.15) is 0 Å². The summed E-state index contributed by atoms with van der Waals surface area (Å²) in [6.45, 7) is 2.80. The predicted molar refractivity (Wildman–Crippen MR) is 54.9 cm³/mol. The normalized spacial score (nSPS) is 27.3. The Kier molecular flexibility index (Phi) is 4.90. The fourth-order valence-electron chi connectivity index (χ4n) is 1.90. The van der Waals surface area contributed by atoms with Crippen molar-refractivity contribution < 1.29 is 9.53 Å². The van der Waals surface area contributed by atoms with E-state index in [2.05, 4.69) is 5.32 Å². The third-order valence-electron chi connectivity index (χ3n) is 2.55. The topological polar surface area (TPSA) is 64.3 Å². The number of nitrogens with two attached hydrogens (primary N) is 1. The molecule has 0 aromatic carbocycles. The van der Waals surface area contributed by atoms with Crippen molar-refractivity contribution in [3.05, 3.63) is 0 Å². The number of carbonyl (C=O) groups excluding carboxylic acids is 1. The molecule has 0 atom stereocenters. The Morgan fingerprint density at radius 3 is 2.57 bits per heavy atom. The van der Waals surface area contributed by atoms with Crippen LogP contribution < -0.4 is 11.1 Å². The van der Waals surface area contributed by atoms with Crippen LogP contribution in [0.15, 0.2) is 0 Å². The molecule has 4 nitrogen and oxygen atoms in total. The first-order valence-corrected chi connectivity index (χ1v) is 5.31. The highest BCUT2D eigenvalue weighted by molar-refractivity contribution is 5.73. The second-order valence-corrected chi connectivity index (χ2v) is 3.83. The van der Waals surface area contributed by atoms with Crippen molar-refractivity contribution in [1.82, 2.24) is 5.32 Å². The standard InChI is InChI=1S/C10H20N2O2/c1-8(13)12-9-2-4-10(5-3-9)14-7-6-11/h9-10H,2-7,11H2,1H3,(H,12,13). The number of carbonyl (C=O) groups is 1. The molecule has 0 bridgehead atoms. The summed E-state index contributed by atoms with van der Waals surface area (Å²) in [6, 6.07) is 0.352. The minimum Gasteiger partial charge on any atom is -0.377 e. The van der Waals surface area contributed by atoms with Gasteiger partial charge < -0.3 is 15.8 Å². The smallest absolute Gasteiger partial charge is 0.217 e. The molecular weight excluding hydrogens is 180 g/mol. The maximum absolute atomic E-state index is 10.8. The summed E-state index contributed by atoms with van der Waals surface area (Å²) < 4.78 is 5.55. The highest BCUT2D eigenvalue weighted by Crippen LogP contribution is 2.20. The summed E-state index contributed by atoms with van der Waals surface area (Å²) in [5.41, 5.74) is 5.36. The Bertz CT molecular complexity index is 177. The molecule has 0 saturated heterocycles. The number of amides is 1. The Balaban J connectivity index is 2.14. The molecule has 0 aromatic heterocycles. The van der Waals surface area contributed by atoms with Crippen LogP contribution in [0, 0.1) is 0 Å². The van der Waals surface area contributed by atoms with Gasteiger partial charge in [-0.2, -0.15) is 0 Å². The second-order valence-electron chi connectivity index (χ2n) is 3.83. The molecule has 0 radical (unpaired) electrons. The molecule has 1 rings (SSSR count). The van der Waals surface area contributed by atoms with Crippen LogP contribution in [0.5, 0.6) is 0 Å². The van der Waals surface area contributed by atoms with Gasteiger partial charge in [0.15, 0.2) is 0 Å². The molecule has 0 unspecified atom stereocenters. The lowest BCUT2D eigenvalue weighted by Crippen LogP contribution is -2.38. The minimum atomic E-state index is 0.0660. The Hall–Kier alpha value is -0.610. The SMILES string of the molecule is CC(=O)NC1CCC(OCCN)CC1. The summed E-state index contributed by atoms with van der Waals surface area (Å²) in [5, 5.41) is 2.94. The molecule has 82 valence electrons. The first kappa shape index (κ1) is 11.5. The van der Waals surface area contributed by atoms with Crippen LogP contribution in [0.25, 0.3) is 0 Å². The summed E-state index contributed by atoms with van der Waals surface area (Å²) >= 11 is 0. The van der Waals surface area contributed by atoms with Crippen molar-refractivity contribution in [2.45, 2.75) is 44.8 Å². The summed E-state index contributed by atoms with van der Waals surface area (Å²) in [5.74, 6) is 0.0660. The molecule has 1 amide bonds. The maximum atomic E-state index is 10.8. The van der Waals surface area contributed by atoms with Crippen molar-refractivity contribution in [3.63, 3.8) is 0 Å². The van der Waals surface area contributed by atoms with E-state index in [4.69, 9.17) is 10.5 Å². The molecule has 1 fully saturated rings. The fourth-order valence-corrected chi connectivity index (χ4v) is 1.90. The van der Waals surface area contributed by atoms with E-state index in [-0.39, 0.29) is 5.91 Å². The van der Waals surface area contributed by atoms with Gasteiger partial charge in [-0.3, -0.25) is 4.79 Å². The van der Waals surface area contributed by atoms with Crippen LogP contribution >= 0.6 is 0 Å². The van der Waals surface area contributed by atoms with Crippen molar-refractivity contribution in [2.75, 3.05) is 13.2 Å². The van der Waals surface area contributed by atoms with Crippen LogP contribution in [-0.2, 0) is 9.53 Å². The van der Waals surface area contributed by atoms with E-state index < -0.39 is 0 Å². The number of nitrogens with one attached hydrogen (secondary N) is 1. The van der Waals surface area contributed by atoms with E-state index in [0.29, 0.717) is 25.3 Å². The van der Waals surface area contributed by atoms with Crippen LogP contribution in [0.4, 0.5) is 0 Å². The van der Waals surface area contributed by atoms with Gasteiger partial charge in [-0.15, -0.1) is 0 Å². The Morgan fingerprint density at radius 2 is 2.07 bits per heavy atom. The van der Waals surface area contributed by atoms with Crippen molar-refractivity contribution in [3.8, 4) is 0 Å². The van der Waals surface area contributed by atoms with Gasteiger partial charge >= 0.3 is 0 Å². The molecule has 1 aliphatic carbocycles. The van der Waals surface area contributed by atoms with Crippen LogP contribution in [-0.4, -0.2) is 31.2 Å². The number of hydrogen-bond acceptors (Lipinski definition) is 3. The van der Waals surface area contributed by atoms with E-state index in [9.17, 15) is 4.79 Å². The van der Waals surface area contributed by atoms with Gasteiger partial charge in [0.2, 0.25) is 5.91 Å².